The maximum absolute atomic E-state index is 13.6. The molecule has 0 aliphatic rings. The molecular weight excluding hydrogens is 398 g/mol. The van der Waals surface area contributed by atoms with E-state index in [1.165, 1.54) is 12.1 Å². The van der Waals surface area contributed by atoms with Crippen molar-refractivity contribution in [3.8, 4) is 22.4 Å². The minimum atomic E-state index is -4.81. The Balaban J connectivity index is 2.05. The Labute approximate surface area is 160 Å². The lowest BCUT2D eigenvalue weighted by Gasteiger charge is -2.07. The maximum Gasteiger partial charge on any atom is 0.435 e. The van der Waals surface area contributed by atoms with Gasteiger partial charge in [0.2, 0.25) is 0 Å². The number of H-pyrrole nitrogens is 1. The van der Waals surface area contributed by atoms with Gasteiger partial charge >= 0.3 is 6.18 Å². The summed E-state index contributed by atoms with van der Waals surface area (Å²) in [5.74, 6) is -0.593. The van der Waals surface area contributed by atoms with E-state index in [-0.39, 0.29) is 16.8 Å². The van der Waals surface area contributed by atoms with E-state index in [1.54, 1.807) is 24.3 Å². The molecule has 142 valence electrons. The highest BCUT2D eigenvalue weighted by molar-refractivity contribution is 6.30. The summed E-state index contributed by atoms with van der Waals surface area (Å²) in [4.78, 5) is 15.3. The summed E-state index contributed by atoms with van der Waals surface area (Å²) in [5.41, 5.74) is -1.52. The zero-order valence-corrected chi connectivity index (χ0v) is 14.6. The molecule has 2 heterocycles. The first-order chi connectivity index (χ1) is 13.2. The molecule has 0 radical (unpaired) electrons. The van der Waals surface area contributed by atoms with Crippen molar-refractivity contribution < 1.29 is 17.6 Å². The third-order valence-electron chi connectivity index (χ3n) is 4.17. The van der Waals surface area contributed by atoms with Gasteiger partial charge in [-0.2, -0.15) is 22.8 Å². The van der Waals surface area contributed by atoms with Gasteiger partial charge in [-0.15, -0.1) is 0 Å². The maximum atomic E-state index is 13.6. The molecule has 0 atom stereocenters. The lowest BCUT2D eigenvalue weighted by atomic mass is 10.1. The van der Waals surface area contributed by atoms with Gasteiger partial charge in [0.25, 0.3) is 5.56 Å². The minimum absolute atomic E-state index is 0.0765. The molecule has 9 heteroatoms. The molecule has 0 saturated carbocycles. The van der Waals surface area contributed by atoms with Crippen LogP contribution in [0.4, 0.5) is 17.6 Å². The summed E-state index contributed by atoms with van der Waals surface area (Å²) >= 11 is 5.86. The summed E-state index contributed by atoms with van der Waals surface area (Å²) in [5, 5.41) is 3.94. The summed E-state index contributed by atoms with van der Waals surface area (Å²) in [7, 11) is 0. The average molecular weight is 408 g/mol. The first-order valence-corrected chi connectivity index (χ1v) is 8.37. The van der Waals surface area contributed by atoms with E-state index in [2.05, 4.69) is 10.1 Å². The van der Waals surface area contributed by atoms with Crippen LogP contribution in [0, 0.1) is 5.82 Å². The van der Waals surface area contributed by atoms with Gasteiger partial charge in [-0.05, 0) is 35.4 Å². The van der Waals surface area contributed by atoms with Crippen LogP contribution >= 0.6 is 11.6 Å². The SMILES string of the molecule is O=c1cc(-c2ccc(Cl)cc2)[nH]c2c(-c3ccc(F)cc3)c(C(F)(F)F)nn12. The number of aromatic nitrogens is 3. The third kappa shape index (κ3) is 3.16. The predicted octanol–water partition coefficient (Wildman–Crippen LogP) is 5.17. The Morgan fingerprint density at radius 2 is 1.57 bits per heavy atom. The van der Waals surface area contributed by atoms with Crippen LogP contribution in [0.1, 0.15) is 5.69 Å². The second-order valence-corrected chi connectivity index (χ2v) is 6.45. The number of halogens is 5. The van der Waals surface area contributed by atoms with Crippen LogP contribution < -0.4 is 5.56 Å². The van der Waals surface area contributed by atoms with Gasteiger partial charge in [-0.25, -0.2) is 4.39 Å². The molecule has 0 aliphatic carbocycles. The fourth-order valence-corrected chi connectivity index (χ4v) is 3.04. The van der Waals surface area contributed by atoms with Gasteiger partial charge in [-0.3, -0.25) is 4.79 Å². The Kier molecular flexibility index (Phi) is 4.23. The van der Waals surface area contributed by atoms with Gasteiger partial charge in [0.05, 0.1) is 11.3 Å². The van der Waals surface area contributed by atoms with Crippen LogP contribution in [-0.2, 0) is 6.18 Å². The number of hydrogen-bond donors (Lipinski definition) is 1. The normalized spacial score (nSPS) is 11.9. The van der Waals surface area contributed by atoms with E-state index in [1.807, 2.05) is 0 Å². The first kappa shape index (κ1) is 18.2. The molecule has 0 spiro atoms. The number of fused-ring (bicyclic) bond motifs is 1. The molecule has 0 bridgehead atoms. The third-order valence-corrected chi connectivity index (χ3v) is 4.42. The first-order valence-electron chi connectivity index (χ1n) is 7.99. The van der Waals surface area contributed by atoms with Gasteiger partial charge in [0.1, 0.15) is 11.5 Å². The second-order valence-electron chi connectivity index (χ2n) is 6.02. The largest absolute Gasteiger partial charge is 0.435 e. The summed E-state index contributed by atoms with van der Waals surface area (Å²) in [6.45, 7) is 0. The van der Waals surface area contributed by atoms with Crippen LogP contribution in [0.15, 0.2) is 59.4 Å². The van der Waals surface area contributed by atoms with Crippen LogP contribution in [0.5, 0.6) is 0 Å². The van der Waals surface area contributed by atoms with Gasteiger partial charge < -0.3 is 4.98 Å². The molecule has 2 aromatic heterocycles. The van der Waals surface area contributed by atoms with E-state index in [0.717, 1.165) is 18.2 Å². The predicted molar refractivity (Wildman–Crippen MR) is 96.7 cm³/mol. The van der Waals surface area contributed by atoms with E-state index in [0.29, 0.717) is 20.8 Å². The molecule has 0 saturated heterocycles. The molecule has 0 aliphatic heterocycles. The van der Waals surface area contributed by atoms with E-state index >= 15 is 0 Å². The van der Waals surface area contributed by atoms with Crippen molar-refractivity contribution in [2.24, 2.45) is 0 Å². The smallest absolute Gasteiger partial charge is 0.339 e. The number of nitrogens with one attached hydrogen (secondary N) is 1. The van der Waals surface area contributed by atoms with E-state index in [9.17, 15) is 22.4 Å². The molecule has 4 rings (SSSR count). The number of hydrogen-bond acceptors (Lipinski definition) is 2. The highest BCUT2D eigenvalue weighted by Crippen LogP contribution is 2.38. The van der Waals surface area contributed by atoms with Crippen LogP contribution in [0.2, 0.25) is 5.02 Å². The van der Waals surface area contributed by atoms with Crippen molar-refractivity contribution in [2.45, 2.75) is 6.18 Å². The van der Waals surface area contributed by atoms with Crippen LogP contribution in [-0.4, -0.2) is 14.6 Å². The molecule has 0 fully saturated rings. The van der Waals surface area contributed by atoms with Crippen molar-refractivity contribution in [3.05, 3.63) is 81.5 Å². The van der Waals surface area contributed by atoms with Gasteiger partial charge in [0, 0.05) is 11.1 Å². The summed E-state index contributed by atoms with van der Waals surface area (Å²) in [6, 6.07) is 12.1. The fourth-order valence-electron chi connectivity index (χ4n) is 2.91. The number of aromatic amines is 1. The Morgan fingerprint density at radius 3 is 2.18 bits per heavy atom. The number of alkyl halides is 3. The number of nitrogens with zero attached hydrogens (tertiary/aromatic N) is 2. The molecular formula is C19H10ClF4N3O. The second kappa shape index (κ2) is 6.49. The molecule has 4 aromatic rings. The van der Waals surface area contributed by atoms with Crippen molar-refractivity contribution in [3.63, 3.8) is 0 Å². The van der Waals surface area contributed by atoms with Gasteiger partial charge in [0.15, 0.2) is 5.69 Å². The van der Waals surface area contributed by atoms with E-state index in [4.69, 9.17) is 11.6 Å². The Morgan fingerprint density at radius 1 is 0.964 bits per heavy atom. The molecule has 4 nitrogen and oxygen atoms in total. The molecule has 28 heavy (non-hydrogen) atoms. The molecule has 0 amide bonds. The van der Waals surface area contributed by atoms with Crippen molar-refractivity contribution in [1.29, 1.82) is 0 Å². The summed E-state index contributed by atoms with van der Waals surface area (Å²) in [6.07, 6.45) is -4.81. The summed E-state index contributed by atoms with van der Waals surface area (Å²) < 4.78 is 54.6. The molecule has 0 unspecified atom stereocenters. The number of benzene rings is 2. The van der Waals surface area contributed by atoms with Gasteiger partial charge in [-0.1, -0.05) is 35.9 Å². The minimum Gasteiger partial charge on any atom is -0.339 e. The Hall–Kier alpha value is -3.13. The molecule has 1 N–H and O–H groups in total. The van der Waals surface area contributed by atoms with Crippen molar-refractivity contribution in [1.82, 2.24) is 14.6 Å². The monoisotopic (exact) mass is 407 g/mol. The zero-order chi connectivity index (χ0) is 20.1. The van der Waals surface area contributed by atoms with Crippen molar-refractivity contribution in [2.75, 3.05) is 0 Å². The van der Waals surface area contributed by atoms with Crippen molar-refractivity contribution >= 4 is 17.2 Å². The highest BCUT2D eigenvalue weighted by atomic mass is 35.5. The van der Waals surface area contributed by atoms with E-state index < -0.39 is 23.2 Å². The molecule has 2 aromatic carbocycles. The fraction of sp³-hybridized carbons (Fsp3) is 0.0526. The topological polar surface area (TPSA) is 50.2 Å². The van der Waals surface area contributed by atoms with Crippen LogP contribution in [0.25, 0.3) is 28.0 Å². The highest BCUT2D eigenvalue weighted by Gasteiger charge is 2.39. The lowest BCUT2D eigenvalue weighted by Crippen LogP contribution is -2.15. The zero-order valence-electron chi connectivity index (χ0n) is 13.9. The Bertz CT molecular complexity index is 1230. The lowest BCUT2D eigenvalue weighted by molar-refractivity contribution is -0.140. The average Bonchev–Trinajstić information content (AvgIpc) is 3.03. The van der Waals surface area contributed by atoms with Crippen LogP contribution in [0.3, 0.4) is 0 Å². The quantitative estimate of drug-likeness (QED) is 0.466. The standard InChI is InChI=1S/C19H10ClF4N3O/c20-12-5-1-10(2-6-12)14-9-15(28)27-18(25-14)16(17(26-27)19(22,23)24)11-3-7-13(21)8-4-11/h1-9,25H. The number of rotatable bonds is 2.